The van der Waals surface area contributed by atoms with Gasteiger partial charge >= 0.3 is 0 Å². The van der Waals surface area contributed by atoms with Crippen molar-refractivity contribution in [3.05, 3.63) is 28.8 Å². The Morgan fingerprint density at radius 3 is 2.69 bits per heavy atom. The van der Waals surface area contributed by atoms with Crippen molar-refractivity contribution in [1.82, 2.24) is 5.32 Å². The highest BCUT2D eigenvalue weighted by Crippen LogP contribution is 2.23. The van der Waals surface area contributed by atoms with Gasteiger partial charge < -0.3 is 10.1 Å². The van der Waals surface area contributed by atoms with Crippen molar-refractivity contribution in [3.8, 4) is 11.8 Å². The third-order valence-corrected chi connectivity index (χ3v) is 2.84. The summed E-state index contributed by atoms with van der Waals surface area (Å²) >= 11 is 0. The quantitative estimate of drug-likeness (QED) is 0.607. The molecule has 1 N–H and O–H groups in total. The molecule has 0 amide bonds. The van der Waals surface area contributed by atoms with Crippen molar-refractivity contribution in [2.75, 3.05) is 20.2 Å². The summed E-state index contributed by atoms with van der Waals surface area (Å²) in [5.41, 5.74) is 3.78. The minimum absolute atomic E-state index is 0.411. The maximum atomic E-state index is 8.40. The fraction of sp³-hybridized carbons (Fsp3) is 0.462. The number of ether oxygens (including phenoxy) is 1. The van der Waals surface area contributed by atoms with Crippen molar-refractivity contribution >= 4 is 0 Å². The molecule has 0 atom stereocenters. The van der Waals surface area contributed by atoms with Crippen molar-refractivity contribution < 1.29 is 4.74 Å². The van der Waals surface area contributed by atoms with Crippen molar-refractivity contribution in [3.63, 3.8) is 0 Å². The van der Waals surface area contributed by atoms with Crippen LogP contribution in [-0.2, 0) is 6.42 Å². The standard InChI is InChI=1S/C13H18N2O/c1-10-11(2)13(16-3)5-4-12(10)6-8-15-9-7-14/h4-5,15H,6,8-9H2,1-3H3. The van der Waals surface area contributed by atoms with Gasteiger partial charge in [-0.3, -0.25) is 0 Å². The zero-order chi connectivity index (χ0) is 12.0. The molecular weight excluding hydrogens is 200 g/mol. The van der Waals surface area contributed by atoms with E-state index in [9.17, 15) is 0 Å². The predicted molar refractivity (Wildman–Crippen MR) is 64.7 cm³/mol. The molecule has 0 unspecified atom stereocenters. The maximum Gasteiger partial charge on any atom is 0.122 e. The minimum Gasteiger partial charge on any atom is -0.496 e. The van der Waals surface area contributed by atoms with Crippen LogP contribution in [0.25, 0.3) is 0 Å². The molecule has 0 saturated heterocycles. The van der Waals surface area contributed by atoms with Crippen molar-refractivity contribution in [1.29, 1.82) is 5.26 Å². The molecule has 16 heavy (non-hydrogen) atoms. The van der Waals surface area contributed by atoms with Crippen LogP contribution < -0.4 is 10.1 Å². The Balaban J connectivity index is 2.68. The molecular formula is C13H18N2O. The largest absolute Gasteiger partial charge is 0.496 e. The third kappa shape index (κ3) is 2.98. The fourth-order valence-corrected chi connectivity index (χ4v) is 1.71. The van der Waals surface area contributed by atoms with Gasteiger partial charge in [0.25, 0.3) is 0 Å². The lowest BCUT2D eigenvalue weighted by Gasteiger charge is -2.12. The Morgan fingerprint density at radius 1 is 1.31 bits per heavy atom. The van der Waals surface area contributed by atoms with Crippen LogP contribution in [0.15, 0.2) is 12.1 Å². The topological polar surface area (TPSA) is 45.0 Å². The Labute approximate surface area is 97.0 Å². The summed E-state index contributed by atoms with van der Waals surface area (Å²) < 4.78 is 5.27. The molecule has 0 spiro atoms. The zero-order valence-electron chi connectivity index (χ0n) is 10.1. The second-order valence-electron chi connectivity index (χ2n) is 3.76. The smallest absolute Gasteiger partial charge is 0.122 e. The molecule has 3 heteroatoms. The monoisotopic (exact) mass is 218 g/mol. The molecule has 0 aliphatic carbocycles. The van der Waals surface area contributed by atoms with E-state index in [1.807, 2.05) is 6.07 Å². The first-order chi connectivity index (χ1) is 7.70. The van der Waals surface area contributed by atoms with E-state index in [0.717, 1.165) is 18.7 Å². The van der Waals surface area contributed by atoms with Gasteiger partial charge in [0.1, 0.15) is 5.75 Å². The molecule has 1 aromatic carbocycles. The Hall–Kier alpha value is -1.53. The second kappa shape index (κ2) is 6.14. The highest BCUT2D eigenvalue weighted by atomic mass is 16.5. The van der Waals surface area contributed by atoms with Crippen molar-refractivity contribution in [2.24, 2.45) is 0 Å². The summed E-state index contributed by atoms with van der Waals surface area (Å²) in [5.74, 6) is 0.936. The summed E-state index contributed by atoms with van der Waals surface area (Å²) in [6.45, 7) is 5.42. The number of rotatable bonds is 5. The predicted octanol–water partition coefficient (Wildman–Crippen LogP) is 1.97. The summed E-state index contributed by atoms with van der Waals surface area (Å²) in [6.07, 6.45) is 0.943. The number of nitrogens with zero attached hydrogens (tertiary/aromatic N) is 1. The van der Waals surface area contributed by atoms with Gasteiger partial charge in [-0.1, -0.05) is 6.07 Å². The van der Waals surface area contributed by atoms with Crippen LogP contribution >= 0.6 is 0 Å². The van der Waals surface area contributed by atoms with Crippen LogP contribution in [0, 0.1) is 25.2 Å². The lowest BCUT2D eigenvalue weighted by Crippen LogP contribution is -2.17. The average Bonchev–Trinajstić information content (AvgIpc) is 2.30. The van der Waals surface area contributed by atoms with Crippen LogP contribution in [0.4, 0.5) is 0 Å². The number of nitriles is 1. The van der Waals surface area contributed by atoms with E-state index in [1.165, 1.54) is 16.7 Å². The van der Waals surface area contributed by atoms with E-state index in [-0.39, 0.29) is 0 Å². The lowest BCUT2D eigenvalue weighted by atomic mass is 10.00. The summed E-state index contributed by atoms with van der Waals surface area (Å²) in [7, 11) is 1.69. The number of hydrogen-bond donors (Lipinski definition) is 1. The van der Waals surface area contributed by atoms with Gasteiger partial charge in [0, 0.05) is 6.54 Å². The molecule has 0 saturated carbocycles. The Kier molecular flexibility index (Phi) is 4.81. The molecule has 0 aromatic heterocycles. The summed E-state index contributed by atoms with van der Waals surface area (Å²) in [4.78, 5) is 0. The van der Waals surface area contributed by atoms with Gasteiger partial charge in [0.05, 0.1) is 19.7 Å². The fourth-order valence-electron chi connectivity index (χ4n) is 1.71. The number of hydrogen-bond acceptors (Lipinski definition) is 3. The molecule has 1 rings (SSSR count). The highest BCUT2D eigenvalue weighted by molar-refractivity contribution is 5.43. The van der Waals surface area contributed by atoms with E-state index in [1.54, 1.807) is 7.11 Å². The van der Waals surface area contributed by atoms with E-state index in [0.29, 0.717) is 6.54 Å². The molecule has 0 radical (unpaired) electrons. The Bertz CT molecular complexity index is 394. The molecule has 0 fully saturated rings. The average molecular weight is 218 g/mol. The molecule has 0 aliphatic rings. The van der Waals surface area contributed by atoms with Crippen LogP contribution in [0.5, 0.6) is 5.75 Å². The molecule has 0 heterocycles. The van der Waals surface area contributed by atoms with Gasteiger partial charge in [-0.25, -0.2) is 0 Å². The number of methoxy groups -OCH3 is 1. The van der Waals surface area contributed by atoms with Crippen LogP contribution in [0.2, 0.25) is 0 Å². The van der Waals surface area contributed by atoms with Gasteiger partial charge in [0.15, 0.2) is 0 Å². The van der Waals surface area contributed by atoms with Gasteiger partial charge in [-0.05, 0) is 43.0 Å². The van der Waals surface area contributed by atoms with E-state index >= 15 is 0 Å². The van der Waals surface area contributed by atoms with Crippen LogP contribution in [-0.4, -0.2) is 20.2 Å². The molecule has 0 bridgehead atoms. The molecule has 3 nitrogen and oxygen atoms in total. The molecule has 1 aromatic rings. The van der Waals surface area contributed by atoms with Gasteiger partial charge in [0.2, 0.25) is 0 Å². The first kappa shape index (κ1) is 12.5. The van der Waals surface area contributed by atoms with E-state index in [2.05, 4.69) is 31.3 Å². The summed E-state index contributed by atoms with van der Waals surface area (Å²) in [6, 6.07) is 6.16. The van der Waals surface area contributed by atoms with Crippen LogP contribution in [0.1, 0.15) is 16.7 Å². The highest BCUT2D eigenvalue weighted by Gasteiger charge is 2.05. The first-order valence-corrected chi connectivity index (χ1v) is 5.41. The maximum absolute atomic E-state index is 8.40. The normalized spacial score (nSPS) is 9.88. The molecule has 0 aliphatic heterocycles. The minimum atomic E-state index is 0.411. The van der Waals surface area contributed by atoms with E-state index in [4.69, 9.17) is 10.00 Å². The number of nitrogens with one attached hydrogen (secondary N) is 1. The SMILES string of the molecule is COc1ccc(CCNCC#N)c(C)c1C. The Morgan fingerprint density at radius 2 is 2.06 bits per heavy atom. The summed E-state index contributed by atoms with van der Waals surface area (Å²) in [5, 5.41) is 11.5. The first-order valence-electron chi connectivity index (χ1n) is 5.41. The number of benzene rings is 1. The van der Waals surface area contributed by atoms with Crippen LogP contribution in [0.3, 0.4) is 0 Å². The zero-order valence-corrected chi connectivity index (χ0v) is 10.1. The third-order valence-electron chi connectivity index (χ3n) is 2.84. The van der Waals surface area contributed by atoms with Crippen molar-refractivity contribution in [2.45, 2.75) is 20.3 Å². The second-order valence-corrected chi connectivity index (χ2v) is 3.76. The van der Waals surface area contributed by atoms with Gasteiger partial charge in [-0.2, -0.15) is 5.26 Å². The lowest BCUT2D eigenvalue weighted by molar-refractivity contribution is 0.411. The van der Waals surface area contributed by atoms with Gasteiger partial charge in [-0.15, -0.1) is 0 Å². The molecule has 86 valence electrons. The van der Waals surface area contributed by atoms with E-state index < -0.39 is 0 Å².